The van der Waals surface area contributed by atoms with E-state index in [4.69, 9.17) is 9.47 Å². The van der Waals surface area contributed by atoms with E-state index >= 15 is 0 Å². The zero-order valence-corrected chi connectivity index (χ0v) is 13.3. The van der Waals surface area contributed by atoms with E-state index in [2.05, 4.69) is 5.32 Å². The third-order valence-electron chi connectivity index (χ3n) is 2.81. The Kier molecular flexibility index (Phi) is 6.26. The number of carbonyl (C=O) groups excluding carboxylic acids is 2. The van der Waals surface area contributed by atoms with Crippen molar-refractivity contribution in [3.63, 3.8) is 0 Å². The number of ether oxygens (including phenoxy) is 2. The first-order valence-electron chi connectivity index (χ1n) is 6.86. The lowest BCUT2D eigenvalue weighted by Crippen LogP contribution is -2.29. The van der Waals surface area contributed by atoms with Crippen molar-refractivity contribution in [2.45, 2.75) is 6.54 Å². The monoisotopic (exact) mass is 350 g/mol. The lowest BCUT2D eigenvalue weighted by atomic mass is 10.3. The number of carbonyl (C=O) groups is 2. The van der Waals surface area contributed by atoms with Crippen molar-refractivity contribution in [3.05, 3.63) is 56.8 Å². The Morgan fingerprint density at radius 1 is 1.17 bits per heavy atom. The minimum absolute atomic E-state index is 0.0765. The highest BCUT2D eigenvalue weighted by atomic mass is 32.1. The van der Waals surface area contributed by atoms with Crippen LogP contribution in [-0.4, -0.2) is 30.0 Å². The first kappa shape index (κ1) is 17.4. The summed E-state index contributed by atoms with van der Waals surface area (Å²) in [6.45, 7) is -0.406. The number of esters is 1. The smallest absolute Gasteiger partial charge is 0.344 e. The van der Waals surface area contributed by atoms with Gasteiger partial charge in [-0.3, -0.25) is 14.9 Å². The first-order valence-corrected chi connectivity index (χ1v) is 7.74. The lowest BCUT2D eigenvalue weighted by molar-refractivity contribution is -0.384. The molecule has 24 heavy (non-hydrogen) atoms. The van der Waals surface area contributed by atoms with Crippen LogP contribution in [0.3, 0.4) is 0 Å². The quantitative estimate of drug-likeness (QED) is 0.442. The van der Waals surface area contributed by atoms with Gasteiger partial charge >= 0.3 is 5.97 Å². The molecule has 2 rings (SSSR count). The average molecular weight is 350 g/mol. The van der Waals surface area contributed by atoms with Crippen LogP contribution >= 0.6 is 11.3 Å². The topological polar surface area (TPSA) is 108 Å². The molecule has 1 amide bonds. The van der Waals surface area contributed by atoms with E-state index in [0.717, 1.165) is 4.88 Å². The van der Waals surface area contributed by atoms with Gasteiger partial charge in [0.15, 0.2) is 13.2 Å². The van der Waals surface area contributed by atoms with Gasteiger partial charge in [0.2, 0.25) is 0 Å². The maximum Gasteiger partial charge on any atom is 0.344 e. The van der Waals surface area contributed by atoms with E-state index in [1.54, 1.807) is 0 Å². The Morgan fingerprint density at radius 2 is 1.92 bits per heavy atom. The number of nitrogens with zero attached hydrogens (tertiary/aromatic N) is 1. The molecule has 0 unspecified atom stereocenters. The summed E-state index contributed by atoms with van der Waals surface area (Å²) in [6, 6.07) is 9.03. The predicted octanol–water partition coefficient (Wildman–Crippen LogP) is 1.89. The molecular formula is C15H14N2O6S. The number of nitro groups is 1. The molecule has 0 aliphatic heterocycles. The molecule has 0 radical (unpaired) electrons. The average Bonchev–Trinajstić information content (AvgIpc) is 3.10. The molecule has 1 N–H and O–H groups in total. The Labute approximate surface area is 141 Å². The van der Waals surface area contributed by atoms with Gasteiger partial charge in [0.25, 0.3) is 11.6 Å². The van der Waals surface area contributed by atoms with Gasteiger partial charge in [0.05, 0.1) is 11.5 Å². The second-order valence-electron chi connectivity index (χ2n) is 4.56. The maximum absolute atomic E-state index is 11.5. The number of non-ortho nitro benzene ring substituents is 1. The Morgan fingerprint density at radius 3 is 2.54 bits per heavy atom. The second-order valence-corrected chi connectivity index (χ2v) is 5.59. The van der Waals surface area contributed by atoms with E-state index < -0.39 is 30.0 Å². The number of rotatable bonds is 8. The number of nitro benzene ring substituents is 1. The van der Waals surface area contributed by atoms with Gasteiger partial charge in [0.1, 0.15) is 5.75 Å². The lowest BCUT2D eigenvalue weighted by Gasteiger charge is -2.07. The summed E-state index contributed by atoms with van der Waals surface area (Å²) in [5.41, 5.74) is -0.0765. The standard InChI is InChI=1S/C15H14N2O6S/c18-14(16-8-13-2-1-7-24-13)9-23-15(19)10-22-12-5-3-11(4-6-12)17(20)21/h1-7H,8-10H2,(H,16,18). The van der Waals surface area contributed by atoms with Gasteiger partial charge < -0.3 is 14.8 Å². The van der Waals surface area contributed by atoms with Crippen LogP contribution in [0, 0.1) is 10.1 Å². The highest BCUT2D eigenvalue weighted by molar-refractivity contribution is 7.09. The van der Waals surface area contributed by atoms with Crippen molar-refractivity contribution in [3.8, 4) is 5.75 Å². The highest BCUT2D eigenvalue weighted by Crippen LogP contribution is 2.17. The largest absolute Gasteiger partial charge is 0.482 e. The van der Waals surface area contributed by atoms with Gasteiger partial charge in [-0.2, -0.15) is 0 Å². The number of hydrogen-bond donors (Lipinski definition) is 1. The van der Waals surface area contributed by atoms with E-state index in [0.29, 0.717) is 12.3 Å². The van der Waals surface area contributed by atoms with E-state index in [-0.39, 0.29) is 5.69 Å². The summed E-state index contributed by atoms with van der Waals surface area (Å²) >= 11 is 1.51. The molecule has 0 saturated heterocycles. The van der Waals surface area contributed by atoms with Crippen LogP contribution in [0.2, 0.25) is 0 Å². The molecule has 1 heterocycles. The number of hydrogen-bond acceptors (Lipinski definition) is 7. The van der Waals surface area contributed by atoms with Crippen LogP contribution in [-0.2, 0) is 20.9 Å². The molecule has 0 saturated carbocycles. The third kappa shape index (κ3) is 5.69. The molecule has 2 aromatic rings. The zero-order valence-electron chi connectivity index (χ0n) is 12.5. The van der Waals surface area contributed by atoms with Gasteiger partial charge in [-0.25, -0.2) is 4.79 Å². The van der Waals surface area contributed by atoms with E-state index in [9.17, 15) is 19.7 Å². The normalized spacial score (nSPS) is 10.0. The van der Waals surface area contributed by atoms with E-state index in [1.165, 1.54) is 35.6 Å². The van der Waals surface area contributed by atoms with Gasteiger partial charge in [-0.1, -0.05) is 6.07 Å². The van der Waals surface area contributed by atoms with Crippen molar-refractivity contribution in [1.29, 1.82) is 0 Å². The summed E-state index contributed by atoms with van der Waals surface area (Å²) in [7, 11) is 0. The molecular weight excluding hydrogens is 336 g/mol. The molecule has 1 aromatic heterocycles. The molecule has 1 aromatic carbocycles. The van der Waals surface area contributed by atoms with Crippen LogP contribution in [0.4, 0.5) is 5.69 Å². The predicted molar refractivity (Wildman–Crippen MR) is 85.7 cm³/mol. The fourth-order valence-corrected chi connectivity index (χ4v) is 2.29. The number of thiophene rings is 1. The molecule has 0 atom stereocenters. The van der Waals surface area contributed by atoms with Crippen molar-refractivity contribution in [1.82, 2.24) is 5.32 Å². The second kappa shape index (κ2) is 8.63. The molecule has 0 spiro atoms. The Balaban J connectivity index is 1.65. The minimum Gasteiger partial charge on any atom is -0.482 e. The maximum atomic E-state index is 11.5. The molecule has 126 valence electrons. The van der Waals surface area contributed by atoms with E-state index in [1.807, 2.05) is 17.5 Å². The molecule has 0 bridgehead atoms. The van der Waals surface area contributed by atoms with Crippen molar-refractivity contribution < 1.29 is 24.0 Å². The van der Waals surface area contributed by atoms with Crippen molar-refractivity contribution in [2.75, 3.05) is 13.2 Å². The summed E-state index contributed by atoms with van der Waals surface area (Å²) in [5, 5.41) is 15.0. The van der Waals surface area contributed by atoms with Gasteiger partial charge in [0, 0.05) is 17.0 Å². The third-order valence-corrected chi connectivity index (χ3v) is 3.68. The fourth-order valence-electron chi connectivity index (χ4n) is 1.64. The van der Waals surface area contributed by atoms with Crippen LogP contribution < -0.4 is 10.1 Å². The summed E-state index contributed by atoms with van der Waals surface area (Å²) in [5.74, 6) is -0.827. The van der Waals surface area contributed by atoms with Gasteiger partial charge in [-0.05, 0) is 23.6 Å². The summed E-state index contributed by atoms with van der Waals surface area (Å²) < 4.78 is 9.90. The SMILES string of the molecule is O=C(COC(=O)COc1ccc([N+](=O)[O-])cc1)NCc1cccs1. The van der Waals surface area contributed by atoms with Crippen molar-refractivity contribution >= 4 is 28.9 Å². The van der Waals surface area contributed by atoms with Crippen molar-refractivity contribution in [2.24, 2.45) is 0 Å². The zero-order chi connectivity index (χ0) is 17.4. The molecule has 8 nitrogen and oxygen atoms in total. The van der Waals surface area contributed by atoms with Gasteiger partial charge in [-0.15, -0.1) is 11.3 Å². The molecule has 0 aliphatic rings. The molecule has 9 heteroatoms. The molecule has 0 aliphatic carbocycles. The number of benzene rings is 1. The number of nitrogens with one attached hydrogen (secondary N) is 1. The van der Waals surface area contributed by atoms with Crippen LogP contribution in [0.5, 0.6) is 5.75 Å². The first-order chi connectivity index (χ1) is 11.5. The number of amides is 1. The van der Waals surface area contributed by atoms with Crippen LogP contribution in [0.1, 0.15) is 4.88 Å². The fraction of sp³-hybridized carbons (Fsp3) is 0.200. The molecule has 0 fully saturated rings. The summed E-state index contributed by atoms with van der Waals surface area (Å²) in [4.78, 5) is 34.0. The van der Waals surface area contributed by atoms with Crippen LogP contribution in [0.25, 0.3) is 0 Å². The summed E-state index contributed by atoms with van der Waals surface area (Å²) in [6.07, 6.45) is 0. The van der Waals surface area contributed by atoms with Crippen LogP contribution in [0.15, 0.2) is 41.8 Å². The Hall–Kier alpha value is -2.94. The highest BCUT2D eigenvalue weighted by Gasteiger charge is 2.10. The minimum atomic E-state index is -0.709. The Bertz CT molecular complexity index is 699.